The van der Waals surface area contributed by atoms with E-state index in [4.69, 9.17) is 0 Å². The minimum Gasteiger partial charge on any atom is -0.295 e. The van der Waals surface area contributed by atoms with E-state index in [0.717, 1.165) is 6.42 Å². The number of hydrogen-bond donors (Lipinski definition) is 0. The maximum Gasteiger partial charge on any atom is 0.152 e. The second kappa shape index (κ2) is 4.34. The Morgan fingerprint density at radius 1 is 1.53 bits per heavy atom. The van der Waals surface area contributed by atoms with Crippen molar-refractivity contribution in [1.29, 1.82) is 0 Å². The molecule has 84 valence electrons. The SMILES string of the molecule is CC(=O)/C=C\[C@@H]1C(C)=CCC(C)C1(C)C. The minimum absolute atomic E-state index is 0.136. The standard InChI is InChI=1S/C14H22O/c1-10-6-7-11(2)14(4,5)13(10)9-8-12(3)15/h6,8-9,11,13H,7H2,1-5H3/b9-8-/t11?,13-/m1/s1. The van der Waals surface area contributed by atoms with E-state index in [-0.39, 0.29) is 11.2 Å². The molecule has 1 aliphatic rings. The lowest BCUT2D eigenvalue weighted by molar-refractivity contribution is -0.112. The largest absolute Gasteiger partial charge is 0.295 e. The molecule has 0 amide bonds. The van der Waals surface area contributed by atoms with Crippen molar-refractivity contribution in [1.82, 2.24) is 0 Å². The molecule has 15 heavy (non-hydrogen) atoms. The van der Waals surface area contributed by atoms with Crippen molar-refractivity contribution < 1.29 is 4.79 Å². The van der Waals surface area contributed by atoms with Gasteiger partial charge in [-0.05, 0) is 37.7 Å². The predicted octanol–water partition coefficient (Wildman–Crippen LogP) is 3.76. The molecule has 1 rings (SSSR count). The van der Waals surface area contributed by atoms with E-state index in [1.807, 2.05) is 0 Å². The number of rotatable bonds is 2. The highest BCUT2D eigenvalue weighted by atomic mass is 16.1. The van der Waals surface area contributed by atoms with Crippen LogP contribution in [-0.4, -0.2) is 5.78 Å². The summed E-state index contributed by atoms with van der Waals surface area (Å²) in [4.78, 5) is 11.0. The van der Waals surface area contributed by atoms with Crippen LogP contribution in [0.3, 0.4) is 0 Å². The van der Waals surface area contributed by atoms with Gasteiger partial charge in [0.25, 0.3) is 0 Å². The fourth-order valence-corrected chi connectivity index (χ4v) is 2.32. The zero-order chi connectivity index (χ0) is 11.6. The fraction of sp³-hybridized carbons (Fsp3) is 0.643. The first-order valence-electron chi connectivity index (χ1n) is 5.71. The van der Waals surface area contributed by atoms with Gasteiger partial charge >= 0.3 is 0 Å². The maximum absolute atomic E-state index is 11.0. The second-order valence-electron chi connectivity index (χ2n) is 5.35. The van der Waals surface area contributed by atoms with Crippen molar-refractivity contribution in [3.63, 3.8) is 0 Å². The van der Waals surface area contributed by atoms with Crippen molar-refractivity contribution in [3.05, 3.63) is 23.8 Å². The molecule has 0 aromatic rings. The molecule has 1 aliphatic carbocycles. The Labute approximate surface area is 93.3 Å². The van der Waals surface area contributed by atoms with Crippen LogP contribution in [0.4, 0.5) is 0 Å². The quantitative estimate of drug-likeness (QED) is 0.496. The van der Waals surface area contributed by atoms with E-state index in [1.54, 1.807) is 13.0 Å². The molecule has 0 aromatic carbocycles. The first-order valence-corrected chi connectivity index (χ1v) is 5.71. The highest BCUT2D eigenvalue weighted by Crippen LogP contribution is 2.45. The van der Waals surface area contributed by atoms with Crippen LogP contribution in [-0.2, 0) is 4.79 Å². The summed E-state index contributed by atoms with van der Waals surface area (Å²) in [6, 6.07) is 0. The molecule has 0 heterocycles. The third-order valence-corrected chi connectivity index (χ3v) is 3.88. The molecule has 0 aromatic heterocycles. The van der Waals surface area contributed by atoms with Gasteiger partial charge in [-0.2, -0.15) is 0 Å². The molecular formula is C14H22O. The van der Waals surface area contributed by atoms with Crippen molar-refractivity contribution in [2.24, 2.45) is 17.3 Å². The molecule has 0 radical (unpaired) electrons. The molecule has 0 fully saturated rings. The minimum atomic E-state index is 0.136. The summed E-state index contributed by atoms with van der Waals surface area (Å²) in [6.07, 6.45) is 7.25. The van der Waals surface area contributed by atoms with Crippen molar-refractivity contribution in [2.75, 3.05) is 0 Å². The summed E-state index contributed by atoms with van der Waals surface area (Å²) in [6.45, 7) is 10.7. The zero-order valence-electron chi connectivity index (χ0n) is 10.5. The Hall–Kier alpha value is -0.850. The summed E-state index contributed by atoms with van der Waals surface area (Å²) in [7, 11) is 0. The van der Waals surface area contributed by atoms with Gasteiger partial charge < -0.3 is 0 Å². The topological polar surface area (TPSA) is 17.1 Å². The monoisotopic (exact) mass is 206 g/mol. The third-order valence-electron chi connectivity index (χ3n) is 3.88. The first-order chi connectivity index (χ1) is 6.85. The predicted molar refractivity (Wildman–Crippen MR) is 64.6 cm³/mol. The van der Waals surface area contributed by atoms with Crippen molar-refractivity contribution >= 4 is 5.78 Å². The van der Waals surface area contributed by atoms with Crippen LogP contribution in [0.15, 0.2) is 23.8 Å². The van der Waals surface area contributed by atoms with Gasteiger partial charge in [0.05, 0.1) is 0 Å². The van der Waals surface area contributed by atoms with Crippen LogP contribution < -0.4 is 0 Å². The summed E-state index contributed by atoms with van der Waals surface area (Å²) in [5, 5.41) is 0. The Kier molecular flexibility index (Phi) is 3.54. The highest BCUT2D eigenvalue weighted by Gasteiger charge is 2.36. The molecule has 0 N–H and O–H groups in total. The van der Waals surface area contributed by atoms with Gasteiger partial charge in [0, 0.05) is 5.92 Å². The van der Waals surface area contributed by atoms with Crippen LogP contribution in [0.1, 0.15) is 41.0 Å². The van der Waals surface area contributed by atoms with Gasteiger partial charge in [-0.25, -0.2) is 0 Å². The van der Waals surface area contributed by atoms with Crippen LogP contribution >= 0.6 is 0 Å². The van der Waals surface area contributed by atoms with Crippen LogP contribution in [0.2, 0.25) is 0 Å². The smallest absolute Gasteiger partial charge is 0.152 e. The number of carbonyl (C=O) groups is 1. The number of allylic oxidation sites excluding steroid dienone is 4. The number of ketones is 1. The molecule has 0 bridgehead atoms. The molecule has 0 spiro atoms. The van der Waals surface area contributed by atoms with Gasteiger partial charge in [0.15, 0.2) is 5.78 Å². The fourth-order valence-electron chi connectivity index (χ4n) is 2.32. The summed E-state index contributed by atoms with van der Waals surface area (Å²) < 4.78 is 0. The summed E-state index contributed by atoms with van der Waals surface area (Å²) in [5.41, 5.74) is 1.65. The van der Waals surface area contributed by atoms with E-state index in [1.165, 1.54) is 5.57 Å². The average molecular weight is 206 g/mol. The molecule has 0 saturated carbocycles. The molecule has 1 heteroatoms. The van der Waals surface area contributed by atoms with Crippen LogP contribution in [0.5, 0.6) is 0 Å². The maximum atomic E-state index is 11.0. The number of carbonyl (C=O) groups excluding carboxylic acids is 1. The molecular weight excluding hydrogens is 184 g/mol. The van der Waals surface area contributed by atoms with Crippen LogP contribution in [0, 0.1) is 17.3 Å². The molecule has 2 atom stereocenters. The molecule has 1 nitrogen and oxygen atoms in total. The molecule has 0 aliphatic heterocycles. The third kappa shape index (κ3) is 2.58. The lowest BCUT2D eigenvalue weighted by Crippen LogP contribution is -2.33. The van der Waals surface area contributed by atoms with Gasteiger partial charge in [-0.15, -0.1) is 0 Å². The summed E-state index contributed by atoms with van der Waals surface area (Å²) >= 11 is 0. The van der Waals surface area contributed by atoms with Crippen molar-refractivity contribution in [2.45, 2.75) is 41.0 Å². The number of hydrogen-bond acceptors (Lipinski definition) is 1. The van der Waals surface area contributed by atoms with Gasteiger partial charge in [0.1, 0.15) is 0 Å². The molecule has 0 saturated heterocycles. The highest BCUT2D eigenvalue weighted by molar-refractivity contribution is 5.87. The van der Waals surface area contributed by atoms with Gasteiger partial charge in [0.2, 0.25) is 0 Å². The Bertz CT molecular complexity index is 307. The van der Waals surface area contributed by atoms with E-state index < -0.39 is 0 Å². The average Bonchev–Trinajstić information content (AvgIpc) is 2.11. The lowest BCUT2D eigenvalue weighted by Gasteiger charge is -2.42. The Morgan fingerprint density at radius 2 is 2.13 bits per heavy atom. The van der Waals surface area contributed by atoms with E-state index in [0.29, 0.717) is 11.8 Å². The van der Waals surface area contributed by atoms with E-state index >= 15 is 0 Å². The van der Waals surface area contributed by atoms with Crippen molar-refractivity contribution in [3.8, 4) is 0 Å². The first kappa shape index (κ1) is 12.2. The van der Waals surface area contributed by atoms with Gasteiger partial charge in [-0.1, -0.05) is 38.5 Å². The van der Waals surface area contributed by atoms with Crippen LogP contribution in [0.25, 0.3) is 0 Å². The van der Waals surface area contributed by atoms with E-state index in [9.17, 15) is 4.79 Å². The summed E-state index contributed by atoms with van der Waals surface area (Å²) in [5.74, 6) is 1.21. The Balaban J connectivity index is 2.96. The molecule has 1 unspecified atom stereocenters. The Morgan fingerprint density at radius 3 is 2.67 bits per heavy atom. The van der Waals surface area contributed by atoms with E-state index in [2.05, 4.69) is 39.8 Å². The second-order valence-corrected chi connectivity index (χ2v) is 5.35. The van der Waals surface area contributed by atoms with Gasteiger partial charge in [-0.3, -0.25) is 4.79 Å². The normalized spacial score (nSPS) is 30.3. The zero-order valence-corrected chi connectivity index (χ0v) is 10.5. The lowest BCUT2D eigenvalue weighted by atomic mass is 9.63.